The Kier molecular flexibility index (Phi) is 4.19. The lowest BCUT2D eigenvalue weighted by Crippen LogP contribution is -2.47. The van der Waals surface area contributed by atoms with Gasteiger partial charge in [0.05, 0.1) is 0 Å². The van der Waals surface area contributed by atoms with E-state index in [9.17, 15) is 0 Å². The topological polar surface area (TPSA) is 15.3 Å². The second-order valence-electron chi connectivity index (χ2n) is 6.64. The Morgan fingerprint density at radius 2 is 1.67 bits per heavy atom. The quantitative estimate of drug-likeness (QED) is 0.756. The van der Waals surface area contributed by atoms with E-state index >= 15 is 0 Å². The highest BCUT2D eigenvalue weighted by atomic mass is 15.2. The van der Waals surface area contributed by atoms with Crippen molar-refractivity contribution in [1.29, 1.82) is 0 Å². The van der Waals surface area contributed by atoms with Crippen LogP contribution in [0.4, 0.5) is 0 Å². The Hall–Kier alpha value is -0.0800. The first kappa shape index (κ1) is 13.0. The summed E-state index contributed by atoms with van der Waals surface area (Å²) in [6.45, 7) is 16.6. The van der Waals surface area contributed by atoms with E-state index in [4.69, 9.17) is 0 Å². The molecule has 0 amide bonds. The van der Waals surface area contributed by atoms with E-state index in [1.807, 2.05) is 0 Å². The van der Waals surface area contributed by atoms with Crippen molar-refractivity contribution in [2.45, 2.75) is 53.0 Å². The van der Waals surface area contributed by atoms with Gasteiger partial charge in [-0.25, -0.2) is 0 Å². The van der Waals surface area contributed by atoms with Crippen LogP contribution < -0.4 is 5.32 Å². The fourth-order valence-corrected chi connectivity index (χ4v) is 2.86. The Bertz CT molecular complexity index is 183. The monoisotopic (exact) mass is 212 g/mol. The molecular formula is C13H28N2. The third-order valence-corrected chi connectivity index (χ3v) is 3.16. The highest BCUT2D eigenvalue weighted by Crippen LogP contribution is 2.31. The smallest absolute Gasteiger partial charge is 0.0158 e. The molecule has 1 aliphatic heterocycles. The Morgan fingerprint density at radius 3 is 2.27 bits per heavy atom. The minimum atomic E-state index is 0.338. The van der Waals surface area contributed by atoms with E-state index in [2.05, 4.69) is 44.8 Å². The molecular weight excluding hydrogens is 184 g/mol. The van der Waals surface area contributed by atoms with Gasteiger partial charge >= 0.3 is 0 Å². The summed E-state index contributed by atoms with van der Waals surface area (Å²) in [5.41, 5.74) is 0.757. The van der Waals surface area contributed by atoms with E-state index in [0.717, 1.165) is 6.54 Å². The molecule has 0 saturated carbocycles. The molecule has 1 fully saturated rings. The van der Waals surface area contributed by atoms with E-state index < -0.39 is 0 Å². The Balaban J connectivity index is 2.57. The molecule has 0 aromatic carbocycles. The van der Waals surface area contributed by atoms with Crippen molar-refractivity contribution in [3.05, 3.63) is 0 Å². The molecule has 0 aliphatic carbocycles. The molecule has 2 heteroatoms. The summed E-state index contributed by atoms with van der Waals surface area (Å²) in [5, 5.41) is 3.47. The van der Waals surface area contributed by atoms with Crippen LogP contribution in [0.2, 0.25) is 0 Å². The fraction of sp³-hybridized carbons (Fsp3) is 1.00. The van der Waals surface area contributed by atoms with Crippen molar-refractivity contribution in [3.8, 4) is 0 Å². The number of rotatable bonds is 2. The van der Waals surface area contributed by atoms with Gasteiger partial charge in [-0.1, -0.05) is 20.8 Å². The number of hydrogen-bond acceptors (Lipinski definition) is 2. The van der Waals surface area contributed by atoms with Crippen molar-refractivity contribution >= 4 is 0 Å². The molecule has 1 saturated heterocycles. The van der Waals surface area contributed by atoms with Crippen molar-refractivity contribution in [2.24, 2.45) is 5.41 Å². The third-order valence-electron chi connectivity index (χ3n) is 3.16. The summed E-state index contributed by atoms with van der Waals surface area (Å²) in [6.07, 6.45) is 2.55. The van der Waals surface area contributed by atoms with E-state index in [0.29, 0.717) is 11.0 Å². The zero-order chi connectivity index (χ0) is 11.5. The lowest BCUT2D eigenvalue weighted by Gasteiger charge is -2.42. The molecule has 1 aliphatic rings. The SMILES string of the molecule is CC(C)(C)CC(C)(C)N1CCCNCC1. The fourth-order valence-electron chi connectivity index (χ4n) is 2.86. The molecule has 0 aromatic rings. The predicted octanol–water partition coefficient (Wildman–Crippen LogP) is 2.50. The number of hydrogen-bond donors (Lipinski definition) is 1. The molecule has 0 atom stereocenters. The van der Waals surface area contributed by atoms with Gasteiger partial charge in [0.2, 0.25) is 0 Å². The summed E-state index contributed by atoms with van der Waals surface area (Å²) in [5.74, 6) is 0. The van der Waals surface area contributed by atoms with Crippen LogP contribution in [0.15, 0.2) is 0 Å². The zero-order valence-electron chi connectivity index (χ0n) is 11.2. The van der Waals surface area contributed by atoms with E-state index in [1.165, 1.54) is 32.5 Å². The molecule has 15 heavy (non-hydrogen) atoms. The molecule has 1 rings (SSSR count). The van der Waals surface area contributed by atoms with Crippen LogP contribution in [0.25, 0.3) is 0 Å². The summed E-state index contributed by atoms with van der Waals surface area (Å²) < 4.78 is 0. The summed E-state index contributed by atoms with van der Waals surface area (Å²) in [6, 6.07) is 0. The van der Waals surface area contributed by atoms with Crippen LogP contribution in [-0.2, 0) is 0 Å². The minimum absolute atomic E-state index is 0.338. The van der Waals surface area contributed by atoms with Gasteiger partial charge < -0.3 is 5.32 Å². The van der Waals surface area contributed by atoms with Crippen molar-refractivity contribution in [3.63, 3.8) is 0 Å². The maximum absolute atomic E-state index is 3.47. The maximum atomic E-state index is 3.47. The molecule has 0 radical (unpaired) electrons. The second kappa shape index (κ2) is 4.84. The van der Waals surface area contributed by atoms with E-state index in [1.54, 1.807) is 0 Å². The molecule has 0 unspecified atom stereocenters. The highest BCUT2D eigenvalue weighted by molar-refractivity contribution is 4.87. The van der Waals surface area contributed by atoms with Gasteiger partial charge in [-0.2, -0.15) is 0 Å². The summed E-state index contributed by atoms with van der Waals surface area (Å²) >= 11 is 0. The molecule has 0 aromatic heterocycles. The van der Waals surface area contributed by atoms with Crippen LogP contribution >= 0.6 is 0 Å². The molecule has 0 spiro atoms. The van der Waals surface area contributed by atoms with Gasteiger partial charge in [0.15, 0.2) is 0 Å². The van der Waals surface area contributed by atoms with Gasteiger partial charge in [-0.15, -0.1) is 0 Å². The van der Waals surface area contributed by atoms with Gasteiger partial charge in [-0.3, -0.25) is 4.90 Å². The maximum Gasteiger partial charge on any atom is 0.0158 e. The lowest BCUT2D eigenvalue weighted by molar-refractivity contribution is 0.0836. The molecule has 0 bridgehead atoms. The summed E-state index contributed by atoms with van der Waals surface area (Å²) in [7, 11) is 0. The zero-order valence-corrected chi connectivity index (χ0v) is 11.2. The first-order valence-electron chi connectivity index (χ1n) is 6.27. The summed E-state index contributed by atoms with van der Waals surface area (Å²) in [4.78, 5) is 2.65. The number of nitrogens with one attached hydrogen (secondary N) is 1. The molecule has 2 nitrogen and oxygen atoms in total. The van der Waals surface area contributed by atoms with Crippen molar-refractivity contribution < 1.29 is 0 Å². The van der Waals surface area contributed by atoms with E-state index in [-0.39, 0.29) is 0 Å². The van der Waals surface area contributed by atoms with Crippen molar-refractivity contribution in [2.75, 3.05) is 26.2 Å². The first-order chi connectivity index (χ1) is 6.81. The largest absolute Gasteiger partial charge is 0.315 e. The Labute approximate surface area is 95.4 Å². The van der Waals surface area contributed by atoms with Crippen LogP contribution in [0.5, 0.6) is 0 Å². The molecule has 1 N–H and O–H groups in total. The lowest BCUT2D eigenvalue weighted by atomic mass is 9.80. The van der Waals surface area contributed by atoms with Crippen LogP contribution in [0.3, 0.4) is 0 Å². The number of nitrogens with zero attached hydrogens (tertiary/aromatic N) is 1. The van der Waals surface area contributed by atoms with Crippen LogP contribution in [-0.4, -0.2) is 36.6 Å². The van der Waals surface area contributed by atoms with Crippen LogP contribution in [0, 0.1) is 5.41 Å². The third kappa shape index (κ3) is 4.52. The highest BCUT2D eigenvalue weighted by Gasteiger charge is 2.31. The van der Waals surface area contributed by atoms with Crippen LogP contribution in [0.1, 0.15) is 47.5 Å². The van der Waals surface area contributed by atoms with Gasteiger partial charge in [-0.05, 0) is 45.2 Å². The van der Waals surface area contributed by atoms with Gasteiger partial charge in [0.1, 0.15) is 0 Å². The average molecular weight is 212 g/mol. The molecule has 90 valence electrons. The second-order valence-corrected chi connectivity index (χ2v) is 6.64. The first-order valence-corrected chi connectivity index (χ1v) is 6.27. The standard InChI is InChI=1S/C13H28N2/c1-12(2,3)11-13(4,5)15-9-6-7-14-8-10-15/h14H,6-11H2,1-5H3. The van der Waals surface area contributed by atoms with Gasteiger partial charge in [0.25, 0.3) is 0 Å². The minimum Gasteiger partial charge on any atom is -0.315 e. The average Bonchev–Trinajstić information content (AvgIpc) is 2.25. The van der Waals surface area contributed by atoms with Gasteiger partial charge in [0, 0.05) is 18.6 Å². The molecule has 1 heterocycles. The Morgan fingerprint density at radius 1 is 1.00 bits per heavy atom. The van der Waals surface area contributed by atoms with Crippen molar-refractivity contribution in [1.82, 2.24) is 10.2 Å². The normalized spacial score (nSPS) is 21.4. The predicted molar refractivity (Wildman–Crippen MR) is 67.2 cm³/mol.